The molecule has 0 spiro atoms. The molecule has 7 heavy (non-hydrogen) atoms. The van der Waals surface area contributed by atoms with E-state index in [0.29, 0.717) is 0 Å². The van der Waals surface area contributed by atoms with Gasteiger partial charge in [-0.05, 0) is 0 Å². The normalized spacial score (nSPS) is 6.14. The second-order valence-corrected chi connectivity index (χ2v) is 2.31. The maximum atomic E-state index is 9.56. The van der Waals surface area contributed by atoms with E-state index in [-0.39, 0.29) is 0 Å². The van der Waals surface area contributed by atoms with Gasteiger partial charge < -0.3 is 11.1 Å². The molecule has 0 aliphatic carbocycles. The first-order valence-corrected chi connectivity index (χ1v) is 3.35. The van der Waals surface area contributed by atoms with Crippen molar-refractivity contribution in [2.24, 2.45) is 0 Å². The molecule has 0 amide bonds. The Morgan fingerprint density at radius 2 is 1.43 bits per heavy atom. The maximum Gasteiger partial charge on any atom is 0.0148 e. The van der Waals surface area contributed by atoms with Gasteiger partial charge in [0.15, 0.2) is 0 Å². The molecule has 4 nitrogen and oxygen atoms in total. The second kappa shape index (κ2) is 9.07. The van der Waals surface area contributed by atoms with Gasteiger partial charge in [-0.25, -0.2) is 0 Å². The van der Waals surface area contributed by atoms with E-state index in [1.54, 1.807) is 12.5 Å². The molecule has 0 radical (unpaired) electrons. The number of hydrogen-bond acceptors (Lipinski definition) is 1. The van der Waals surface area contributed by atoms with E-state index in [1.165, 1.54) is 4.91 Å². The summed E-state index contributed by atoms with van der Waals surface area (Å²) in [5.74, 6) is 0. The molecule has 0 atom stereocenters. The molecule has 0 aromatic carbocycles. The summed E-state index contributed by atoms with van der Waals surface area (Å²) < 4.78 is 9.56. The zero-order valence-corrected chi connectivity index (χ0v) is 4.97. The summed E-state index contributed by atoms with van der Waals surface area (Å²) in [6.07, 6.45) is 3.28. The summed E-state index contributed by atoms with van der Waals surface area (Å²) in [5.41, 5.74) is 13.5. The molecule has 0 bridgehead atoms. The third kappa shape index (κ3) is 224. The van der Waals surface area contributed by atoms with Gasteiger partial charge in [-0.1, -0.05) is 0 Å². The molecule has 0 saturated heterocycles. The summed E-state index contributed by atoms with van der Waals surface area (Å²) >= 11 is 0. The van der Waals surface area contributed by atoms with Gasteiger partial charge in [-0.2, -0.15) is 0 Å². The highest BCUT2D eigenvalue weighted by molar-refractivity contribution is 7.83. The lowest BCUT2D eigenvalue weighted by atomic mass is 11.9. The summed E-state index contributed by atoms with van der Waals surface area (Å²) in [7, 11) is -0.611. The monoisotopic (exact) mass is 120 g/mol. The van der Waals surface area contributed by atoms with Crippen LogP contribution in [0.4, 0.5) is 0 Å². The minimum absolute atomic E-state index is 0.611. The smallest absolute Gasteiger partial charge is 0.0148 e. The minimum atomic E-state index is -0.611. The molecule has 0 aromatic rings. The molecule has 0 rings (SSSR count). The highest BCUT2D eigenvalue weighted by Crippen LogP contribution is 1.47. The fourth-order valence-electron chi connectivity index (χ4n) is 0. The lowest BCUT2D eigenvalue weighted by molar-refractivity contribution is 0.690. The van der Waals surface area contributed by atoms with Crippen molar-refractivity contribution in [1.82, 2.24) is 0 Å². The van der Waals surface area contributed by atoms with E-state index in [1.807, 2.05) is 0 Å². The fourth-order valence-corrected chi connectivity index (χ4v) is 0. The van der Waals surface area contributed by atoms with Crippen LogP contribution in [0.3, 0.4) is 0 Å². The van der Waals surface area contributed by atoms with Crippen molar-refractivity contribution in [3.8, 4) is 0 Å². The van der Waals surface area contributed by atoms with Crippen LogP contribution in [-0.2, 0) is 10.8 Å². The van der Waals surface area contributed by atoms with Gasteiger partial charge in [-0.15, -0.1) is 0 Å². The van der Waals surface area contributed by atoms with E-state index < -0.39 is 10.8 Å². The lowest BCUT2D eigenvalue weighted by Gasteiger charge is -1.60. The van der Waals surface area contributed by atoms with Crippen molar-refractivity contribution in [2.75, 3.05) is 12.5 Å². The van der Waals surface area contributed by atoms with E-state index in [0.717, 1.165) is 0 Å². The van der Waals surface area contributed by atoms with E-state index >= 15 is 0 Å². The van der Waals surface area contributed by atoms with Gasteiger partial charge in [0.05, 0.1) is 0 Å². The molecule has 0 aromatic heterocycles. The van der Waals surface area contributed by atoms with Crippen molar-refractivity contribution in [2.45, 2.75) is 0 Å². The Hall–Kier alpha value is -0.540. The van der Waals surface area contributed by atoms with Crippen LogP contribution in [0.1, 0.15) is 0 Å². The Kier molecular flexibility index (Phi) is 12.5. The van der Waals surface area contributed by atoms with Gasteiger partial charge in [0.25, 0.3) is 0 Å². The Bertz CT molecular complexity index is 80.9. The summed E-state index contributed by atoms with van der Waals surface area (Å²) in [4.78, 5) is 1.50. The Morgan fingerprint density at radius 3 is 1.43 bits per heavy atom. The zero-order valence-electron chi connectivity index (χ0n) is 4.16. The average molecular weight is 120 g/mol. The van der Waals surface area contributed by atoms with Crippen LogP contribution in [0.25, 0.3) is 16.0 Å². The van der Waals surface area contributed by atoms with Crippen LogP contribution in [0, 0.1) is 0 Å². The summed E-state index contributed by atoms with van der Waals surface area (Å²) in [6, 6.07) is 0. The predicted molar refractivity (Wildman–Crippen MR) is 30.1 cm³/mol. The van der Waals surface area contributed by atoms with Crippen LogP contribution in [0.2, 0.25) is 0 Å². The predicted octanol–water partition coefficient (Wildman–Crippen LogP) is 0.861. The Labute approximate surface area is 44.4 Å². The molecule has 0 unspecified atom stereocenters. The third-order valence-electron chi connectivity index (χ3n) is 0. The van der Waals surface area contributed by atoms with Gasteiger partial charge in [-0.3, -0.25) is 9.12 Å². The molecule has 5 heteroatoms. The first-order valence-electron chi connectivity index (χ1n) is 1.38. The van der Waals surface area contributed by atoms with Gasteiger partial charge in [0, 0.05) is 23.3 Å². The summed E-state index contributed by atoms with van der Waals surface area (Å²) in [6.45, 7) is 0. The van der Waals surface area contributed by atoms with Crippen LogP contribution in [0.5, 0.6) is 0 Å². The number of rotatable bonds is 0. The van der Waals surface area contributed by atoms with Gasteiger partial charge >= 0.3 is 0 Å². The minimum Gasteiger partial charge on any atom is -0.373 e. The van der Waals surface area contributed by atoms with E-state index in [4.69, 9.17) is 11.1 Å². The van der Waals surface area contributed by atoms with Crippen LogP contribution >= 0.6 is 0 Å². The zero-order chi connectivity index (χ0) is 6.28. The molecule has 0 fully saturated rings. The Balaban J connectivity index is 0. The molecule has 0 aliphatic heterocycles. The topological polar surface area (TPSA) is 75.8 Å². The quantitative estimate of drug-likeness (QED) is 0.265. The van der Waals surface area contributed by atoms with Crippen molar-refractivity contribution in [3.63, 3.8) is 0 Å². The first-order chi connectivity index (χ1) is 3.15. The SMILES string of the molecule is CS(C)=O.[N-]=[N+]=[N-]. The lowest BCUT2D eigenvalue weighted by Crippen LogP contribution is -1.70. The highest BCUT2D eigenvalue weighted by atomic mass is 32.2. The van der Waals surface area contributed by atoms with E-state index in [2.05, 4.69) is 0 Å². The third-order valence-corrected chi connectivity index (χ3v) is 0. The number of hydrogen-bond donors (Lipinski definition) is 0. The van der Waals surface area contributed by atoms with Crippen molar-refractivity contribution < 1.29 is 4.21 Å². The van der Waals surface area contributed by atoms with E-state index in [9.17, 15) is 4.21 Å². The molecular formula is C2H6N3OS-. The molecule has 0 N–H and O–H groups in total. The highest BCUT2D eigenvalue weighted by Gasteiger charge is 1.57. The van der Waals surface area contributed by atoms with Gasteiger partial charge in [0.1, 0.15) is 0 Å². The first kappa shape index (κ1) is 9.68. The fraction of sp³-hybridized carbons (Fsp3) is 1.00. The van der Waals surface area contributed by atoms with Crippen LogP contribution < -0.4 is 0 Å². The van der Waals surface area contributed by atoms with Crippen LogP contribution in [0.15, 0.2) is 0 Å². The molecule has 0 heterocycles. The molecule has 0 aliphatic rings. The van der Waals surface area contributed by atoms with Crippen molar-refractivity contribution in [1.29, 1.82) is 0 Å². The Morgan fingerprint density at radius 1 is 1.43 bits per heavy atom. The van der Waals surface area contributed by atoms with Crippen molar-refractivity contribution >= 4 is 10.8 Å². The van der Waals surface area contributed by atoms with Crippen LogP contribution in [-0.4, -0.2) is 16.7 Å². The summed E-state index contributed by atoms with van der Waals surface area (Å²) in [5, 5.41) is 0. The molecular weight excluding hydrogens is 114 g/mol. The average Bonchev–Trinajstić information content (AvgIpc) is 1.33. The largest absolute Gasteiger partial charge is 0.373 e. The number of nitrogens with zero attached hydrogens (tertiary/aromatic N) is 3. The standard InChI is InChI=1S/C2H6OS.N3/c1-4(2)3;1-3-2/h1-2H3;/q;-1. The van der Waals surface area contributed by atoms with Gasteiger partial charge in [0.2, 0.25) is 0 Å². The van der Waals surface area contributed by atoms with Crippen molar-refractivity contribution in [3.05, 3.63) is 16.0 Å². The molecule has 42 valence electrons. The maximum absolute atomic E-state index is 9.56. The molecule has 0 saturated carbocycles. The second-order valence-electron chi connectivity index (χ2n) is 0.831.